The van der Waals surface area contributed by atoms with E-state index in [0.717, 1.165) is 32.3 Å². The Bertz CT molecular complexity index is 195. The third-order valence-corrected chi connectivity index (χ3v) is 2.98. The standard InChI is InChI=1S/C9H15NO3/c11-9(12)10-7-3-1-6(2-4-7)8-5-13-8/h6-8,10H,1-5H2,(H,11,12)/t6?,7?,8-/m0/s1. The number of amides is 1. The van der Waals surface area contributed by atoms with Gasteiger partial charge in [-0.3, -0.25) is 0 Å². The summed E-state index contributed by atoms with van der Waals surface area (Å²) in [5.74, 6) is 0.687. The molecule has 1 heterocycles. The van der Waals surface area contributed by atoms with Gasteiger partial charge in [0.1, 0.15) is 0 Å². The van der Waals surface area contributed by atoms with Gasteiger partial charge in [0.15, 0.2) is 0 Å². The first kappa shape index (κ1) is 8.81. The number of epoxide rings is 1. The van der Waals surface area contributed by atoms with Crippen LogP contribution < -0.4 is 5.32 Å². The van der Waals surface area contributed by atoms with Crippen LogP contribution in [-0.4, -0.2) is 30.0 Å². The molecule has 2 fully saturated rings. The van der Waals surface area contributed by atoms with Gasteiger partial charge in [-0.05, 0) is 31.6 Å². The van der Waals surface area contributed by atoms with E-state index < -0.39 is 6.09 Å². The molecule has 0 aromatic heterocycles. The summed E-state index contributed by atoms with van der Waals surface area (Å²) >= 11 is 0. The Morgan fingerprint density at radius 1 is 1.31 bits per heavy atom. The van der Waals surface area contributed by atoms with E-state index in [0.29, 0.717) is 12.0 Å². The molecule has 0 unspecified atom stereocenters. The predicted molar refractivity (Wildman–Crippen MR) is 46.6 cm³/mol. The monoisotopic (exact) mass is 185 g/mol. The molecule has 2 N–H and O–H groups in total. The van der Waals surface area contributed by atoms with Gasteiger partial charge in [-0.15, -0.1) is 0 Å². The smallest absolute Gasteiger partial charge is 0.404 e. The molecule has 13 heavy (non-hydrogen) atoms. The Hall–Kier alpha value is -0.770. The first-order chi connectivity index (χ1) is 6.25. The van der Waals surface area contributed by atoms with Crippen molar-refractivity contribution in [3.63, 3.8) is 0 Å². The Balaban J connectivity index is 1.72. The molecule has 0 spiro atoms. The average molecular weight is 185 g/mol. The molecule has 1 amide bonds. The second-order valence-electron chi connectivity index (χ2n) is 3.93. The molecule has 4 nitrogen and oxygen atoms in total. The highest BCUT2D eigenvalue weighted by molar-refractivity contribution is 5.64. The zero-order valence-corrected chi connectivity index (χ0v) is 7.53. The summed E-state index contributed by atoms with van der Waals surface area (Å²) < 4.78 is 5.23. The lowest BCUT2D eigenvalue weighted by Gasteiger charge is -2.27. The average Bonchev–Trinajstić information content (AvgIpc) is 2.87. The fourth-order valence-corrected chi connectivity index (χ4v) is 2.14. The highest BCUT2D eigenvalue weighted by Gasteiger charge is 2.35. The molecule has 4 heteroatoms. The molecular weight excluding hydrogens is 170 g/mol. The minimum Gasteiger partial charge on any atom is -0.465 e. The second-order valence-corrected chi connectivity index (χ2v) is 3.93. The Kier molecular flexibility index (Phi) is 2.40. The van der Waals surface area contributed by atoms with Gasteiger partial charge >= 0.3 is 6.09 Å². The minimum absolute atomic E-state index is 0.174. The number of carboxylic acid groups (broad SMARTS) is 1. The molecule has 1 aliphatic carbocycles. The summed E-state index contributed by atoms with van der Waals surface area (Å²) in [7, 11) is 0. The highest BCUT2D eigenvalue weighted by Crippen LogP contribution is 2.33. The van der Waals surface area contributed by atoms with Gasteiger partial charge in [-0.2, -0.15) is 0 Å². The first-order valence-electron chi connectivity index (χ1n) is 4.87. The van der Waals surface area contributed by atoms with Crippen LogP contribution in [0, 0.1) is 5.92 Å². The van der Waals surface area contributed by atoms with Crippen LogP contribution in [0.2, 0.25) is 0 Å². The van der Waals surface area contributed by atoms with E-state index in [4.69, 9.17) is 9.84 Å². The Labute approximate surface area is 77.3 Å². The van der Waals surface area contributed by atoms with Gasteiger partial charge in [0.05, 0.1) is 12.7 Å². The SMILES string of the molecule is O=C(O)NC1CCC([C@@H]2CO2)CC1. The summed E-state index contributed by atoms with van der Waals surface area (Å²) in [4.78, 5) is 10.4. The number of carbonyl (C=O) groups is 1. The van der Waals surface area contributed by atoms with Gasteiger partial charge < -0.3 is 15.2 Å². The number of hydrogen-bond donors (Lipinski definition) is 2. The van der Waals surface area contributed by atoms with Crippen molar-refractivity contribution in [1.82, 2.24) is 5.32 Å². The largest absolute Gasteiger partial charge is 0.465 e. The fraction of sp³-hybridized carbons (Fsp3) is 0.889. The van der Waals surface area contributed by atoms with Crippen molar-refractivity contribution in [2.75, 3.05) is 6.61 Å². The summed E-state index contributed by atoms with van der Waals surface area (Å²) in [6, 6.07) is 0.174. The van der Waals surface area contributed by atoms with Gasteiger partial charge in [-0.25, -0.2) is 4.79 Å². The second kappa shape index (κ2) is 3.54. The topological polar surface area (TPSA) is 61.9 Å². The van der Waals surface area contributed by atoms with Crippen molar-refractivity contribution in [2.24, 2.45) is 5.92 Å². The molecule has 74 valence electrons. The summed E-state index contributed by atoms with van der Waals surface area (Å²) in [6.45, 7) is 0.918. The number of ether oxygens (including phenoxy) is 1. The van der Waals surface area contributed by atoms with Crippen molar-refractivity contribution in [3.05, 3.63) is 0 Å². The Morgan fingerprint density at radius 3 is 2.38 bits per heavy atom. The van der Waals surface area contributed by atoms with E-state index in [9.17, 15) is 4.79 Å². The molecule has 0 radical (unpaired) electrons. The van der Waals surface area contributed by atoms with Crippen LogP contribution in [0.1, 0.15) is 25.7 Å². The summed E-state index contributed by atoms with van der Waals surface area (Å²) in [6.07, 6.45) is 3.75. The lowest BCUT2D eigenvalue weighted by Crippen LogP contribution is -2.37. The van der Waals surface area contributed by atoms with Crippen LogP contribution in [0.15, 0.2) is 0 Å². The molecular formula is C9H15NO3. The van der Waals surface area contributed by atoms with Crippen LogP contribution >= 0.6 is 0 Å². The van der Waals surface area contributed by atoms with Crippen molar-refractivity contribution in [3.8, 4) is 0 Å². The Morgan fingerprint density at radius 2 is 1.92 bits per heavy atom. The summed E-state index contributed by atoms with van der Waals surface area (Å²) in [5.41, 5.74) is 0. The van der Waals surface area contributed by atoms with E-state index >= 15 is 0 Å². The zero-order chi connectivity index (χ0) is 9.26. The molecule has 0 bridgehead atoms. The minimum atomic E-state index is -0.897. The van der Waals surface area contributed by atoms with Gasteiger partial charge in [-0.1, -0.05) is 0 Å². The summed E-state index contributed by atoms with van der Waals surface area (Å²) in [5, 5.41) is 11.1. The van der Waals surface area contributed by atoms with Gasteiger partial charge in [0, 0.05) is 6.04 Å². The maximum atomic E-state index is 10.4. The molecule has 1 aliphatic heterocycles. The van der Waals surface area contributed by atoms with Crippen molar-refractivity contribution in [2.45, 2.75) is 37.8 Å². The quantitative estimate of drug-likeness (QED) is 0.636. The lowest BCUT2D eigenvalue weighted by molar-refractivity contribution is 0.178. The maximum Gasteiger partial charge on any atom is 0.404 e. The molecule has 0 aromatic rings. The van der Waals surface area contributed by atoms with Gasteiger partial charge in [0.25, 0.3) is 0 Å². The normalized spacial score (nSPS) is 38.3. The van der Waals surface area contributed by atoms with Crippen LogP contribution in [0.25, 0.3) is 0 Å². The maximum absolute atomic E-state index is 10.4. The van der Waals surface area contributed by atoms with Crippen molar-refractivity contribution >= 4 is 6.09 Å². The zero-order valence-electron chi connectivity index (χ0n) is 7.53. The molecule has 1 atom stereocenters. The van der Waals surface area contributed by atoms with Crippen LogP contribution in [0.3, 0.4) is 0 Å². The van der Waals surface area contributed by atoms with E-state index in [2.05, 4.69) is 5.32 Å². The molecule has 2 aliphatic rings. The van der Waals surface area contributed by atoms with Crippen molar-refractivity contribution < 1.29 is 14.6 Å². The van der Waals surface area contributed by atoms with Crippen LogP contribution in [-0.2, 0) is 4.74 Å². The number of rotatable bonds is 2. The number of hydrogen-bond acceptors (Lipinski definition) is 2. The van der Waals surface area contributed by atoms with Crippen LogP contribution in [0.5, 0.6) is 0 Å². The van der Waals surface area contributed by atoms with E-state index in [1.165, 1.54) is 0 Å². The third-order valence-electron chi connectivity index (χ3n) is 2.98. The first-order valence-corrected chi connectivity index (χ1v) is 4.87. The van der Waals surface area contributed by atoms with E-state index in [1.54, 1.807) is 0 Å². The van der Waals surface area contributed by atoms with Crippen molar-refractivity contribution in [1.29, 1.82) is 0 Å². The van der Waals surface area contributed by atoms with Gasteiger partial charge in [0.2, 0.25) is 0 Å². The number of nitrogens with one attached hydrogen (secondary N) is 1. The molecule has 1 saturated carbocycles. The molecule has 2 rings (SSSR count). The molecule has 0 aromatic carbocycles. The predicted octanol–water partition coefficient (Wildman–Crippen LogP) is 1.21. The third kappa shape index (κ3) is 2.34. The highest BCUT2D eigenvalue weighted by atomic mass is 16.6. The van der Waals surface area contributed by atoms with Crippen LogP contribution in [0.4, 0.5) is 4.79 Å². The fourth-order valence-electron chi connectivity index (χ4n) is 2.14. The molecule has 1 saturated heterocycles. The lowest BCUT2D eigenvalue weighted by atomic mass is 9.84. The van der Waals surface area contributed by atoms with E-state index in [1.807, 2.05) is 0 Å². The van der Waals surface area contributed by atoms with E-state index in [-0.39, 0.29) is 6.04 Å².